The summed E-state index contributed by atoms with van der Waals surface area (Å²) < 4.78 is 36.8. The second-order valence-electron chi connectivity index (χ2n) is 15.1. The predicted octanol–water partition coefficient (Wildman–Crippen LogP) is 8.03. The summed E-state index contributed by atoms with van der Waals surface area (Å²) in [6.45, 7) is 5.25. The maximum Gasteiger partial charge on any atom is 0.158 e. The quantitative estimate of drug-likeness (QED) is 0.110. The number of rotatable bonds is 19. The number of hydrogen-bond acceptors (Lipinski definition) is 8. The molecule has 5 aliphatic rings. The van der Waals surface area contributed by atoms with Crippen LogP contribution >= 0.6 is 0 Å². The highest BCUT2D eigenvalue weighted by molar-refractivity contribution is 5.78. The Morgan fingerprint density at radius 1 is 0.830 bits per heavy atom. The van der Waals surface area contributed by atoms with E-state index in [1.807, 2.05) is 0 Å². The van der Waals surface area contributed by atoms with Gasteiger partial charge in [-0.25, -0.2) is 0 Å². The predicted molar refractivity (Wildman–Crippen MR) is 182 cm³/mol. The van der Waals surface area contributed by atoms with Crippen molar-refractivity contribution in [2.24, 2.45) is 23.7 Å². The van der Waals surface area contributed by atoms with Gasteiger partial charge in [-0.3, -0.25) is 4.79 Å². The Morgan fingerprint density at radius 3 is 2.26 bits per heavy atom. The van der Waals surface area contributed by atoms with E-state index in [-0.39, 0.29) is 48.7 Å². The molecule has 1 N–H and O–H groups in total. The zero-order valence-corrected chi connectivity index (χ0v) is 29.4. The second-order valence-corrected chi connectivity index (χ2v) is 15.1. The van der Waals surface area contributed by atoms with Crippen LogP contribution in [0.5, 0.6) is 0 Å². The Labute approximate surface area is 285 Å². The molecule has 270 valence electrons. The van der Waals surface area contributed by atoms with E-state index in [9.17, 15) is 9.90 Å². The van der Waals surface area contributed by atoms with Crippen molar-refractivity contribution in [1.82, 2.24) is 0 Å². The van der Waals surface area contributed by atoms with Gasteiger partial charge in [-0.15, -0.1) is 0 Å². The highest BCUT2D eigenvalue weighted by Crippen LogP contribution is 2.42. The topological polar surface area (TPSA) is 92.7 Å². The largest absolute Gasteiger partial charge is 0.393 e. The Morgan fingerprint density at radius 2 is 1.55 bits per heavy atom. The van der Waals surface area contributed by atoms with E-state index >= 15 is 0 Å². The van der Waals surface area contributed by atoms with Gasteiger partial charge in [0.05, 0.1) is 18.3 Å². The Hall–Kier alpha value is -0.870. The SMILES string of the molecule is CCCC[C@H]1CC[C@H]([C@@H](C=C[C@@H]2[C@@H](CC(=O)CCCCCOC3CCCCO3)[C@@H](O)C[C@H]2OC2CCCCO2)OC2CCCCO2)C1. The highest BCUT2D eigenvalue weighted by Gasteiger charge is 2.44. The highest BCUT2D eigenvalue weighted by atomic mass is 16.7. The minimum Gasteiger partial charge on any atom is -0.393 e. The monoisotopic (exact) mass is 662 g/mol. The Balaban J connectivity index is 1.19. The number of unbranched alkanes of at least 4 members (excludes halogenated alkanes) is 3. The molecule has 8 nitrogen and oxygen atoms in total. The number of ketones is 1. The van der Waals surface area contributed by atoms with Gasteiger partial charge in [-0.1, -0.05) is 51.2 Å². The maximum absolute atomic E-state index is 13.3. The van der Waals surface area contributed by atoms with Gasteiger partial charge in [0, 0.05) is 57.5 Å². The number of carbonyl (C=O) groups is 1. The standard InChI is InChI=1S/C39H66O8/c1-2-3-13-29-18-19-30(26-29)35(46-38-16-7-11-24-44-38)21-20-32-33(34(41)28-36(32)47-39-17-8-12-25-45-39)27-31(40)14-5-4-9-22-42-37-15-6-10-23-43-37/h20-21,29-30,32-39,41H,2-19,22-28H2,1H3/t29-,30-,32+,33+,34-,35+,36+,37?,38?,39?/m0/s1. The van der Waals surface area contributed by atoms with Crippen molar-refractivity contribution in [2.75, 3.05) is 26.4 Å². The average Bonchev–Trinajstić information content (AvgIpc) is 3.68. The molecule has 0 aromatic carbocycles. The molecular formula is C39H66O8. The lowest BCUT2D eigenvalue weighted by Gasteiger charge is -2.31. The first-order chi connectivity index (χ1) is 23.1. The van der Waals surface area contributed by atoms with Gasteiger partial charge in [0.25, 0.3) is 0 Å². The van der Waals surface area contributed by atoms with E-state index in [0.29, 0.717) is 31.8 Å². The van der Waals surface area contributed by atoms with Gasteiger partial charge >= 0.3 is 0 Å². The van der Waals surface area contributed by atoms with Gasteiger partial charge < -0.3 is 33.5 Å². The Bertz CT molecular complexity index is 893. The van der Waals surface area contributed by atoms with Crippen LogP contribution in [0.2, 0.25) is 0 Å². The average molecular weight is 663 g/mol. The first-order valence-corrected chi connectivity index (χ1v) is 19.7. The third kappa shape index (κ3) is 12.4. The summed E-state index contributed by atoms with van der Waals surface area (Å²) in [5, 5.41) is 11.3. The van der Waals surface area contributed by atoms with Crippen LogP contribution in [-0.2, 0) is 33.2 Å². The van der Waals surface area contributed by atoms with Crippen LogP contribution in [0.1, 0.15) is 142 Å². The Kier molecular flexibility index (Phi) is 16.5. The number of carbonyl (C=O) groups excluding carboxylic acids is 1. The molecule has 5 fully saturated rings. The molecule has 0 bridgehead atoms. The van der Waals surface area contributed by atoms with Crippen molar-refractivity contribution in [3.05, 3.63) is 12.2 Å². The van der Waals surface area contributed by atoms with E-state index in [2.05, 4.69) is 19.1 Å². The lowest BCUT2D eigenvalue weighted by Crippen LogP contribution is -2.33. The van der Waals surface area contributed by atoms with Crippen molar-refractivity contribution < 1.29 is 38.3 Å². The fraction of sp³-hybridized carbons (Fsp3) is 0.923. The fourth-order valence-electron chi connectivity index (χ4n) is 8.54. The van der Waals surface area contributed by atoms with Crippen molar-refractivity contribution in [1.29, 1.82) is 0 Å². The lowest BCUT2D eigenvalue weighted by molar-refractivity contribution is -0.193. The van der Waals surface area contributed by atoms with Crippen LogP contribution < -0.4 is 0 Å². The molecule has 47 heavy (non-hydrogen) atoms. The minimum atomic E-state index is -0.572. The molecule has 3 aliphatic heterocycles. The smallest absolute Gasteiger partial charge is 0.158 e. The fourth-order valence-corrected chi connectivity index (χ4v) is 8.54. The molecule has 0 radical (unpaired) electrons. The van der Waals surface area contributed by atoms with E-state index in [1.54, 1.807) is 0 Å². The number of hydrogen-bond donors (Lipinski definition) is 1. The summed E-state index contributed by atoms with van der Waals surface area (Å²) in [5.41, 5.74) is 0. The van der Waals surface area contributed by atoms with Crippen LogP contribution in [-0.4, -0.2) is 74.5 Å². The molecule has 0 aromatic heterocycles. The first kappa shape index (κ1) is 37.4. The van der Waals surface area contributed by atoms with Crippen molar-refractivity contribution in [3.63, 3.8) is 0 Å². The molecule has 3 heterocycles. The number of aliphatic hydroxyl groups excluding tert-OH is 1. The number of Topliss-reactive ketones (excluding diaryl/α,β-unsaturated/α-hetero) is 1. The van der Waals surface area contributed by atoms with Crippen LogP contribution in [0.25, 0.3) is 0 Å². The molecule has 3 unspecified atom stereocenters. The van der Waals surface area contributed by atoms with Crippen molar-refractivity contribution in [3.8, 4) is 0 Å². The minimum absolute atomic E-state index is 0.0216. The molecule has 8 heteroatoms. The first-order valence-electron chi connectivity index (χ1n) is 19.7. The summed E-state index contributed by atoms with van der Waals surface area (Å²) in [4.78, 5) is 13.3. The molecule has 10 atom stereocenters. The zero-order valence-electron chi connectivity index (χ0n) is 29.4. The van der Waals surface area contributed by atoms with Crippen LogP contribution in [0.4, 0.5) is 0 Å². The molecule has 0 spiro atoms. The molecule has 3 saturated heterocycles. The molecule has 2 aliphatic carbocycles. The number of ether oxygens (including phenoxy) is 6. The van der Waals surface area contributed by atoms with E-state index < -0.39 is 6.10 Å². The third-order valence-electron chi connectivity index (χ3n) is 11.3. The summed E-state index contributed by atoms with van der Waals surface area (Å²) in [6, 6.07) is 0. The second kappa shape index (κ2) is 20.7. The normalized spacial score (nSPS) is 35.8. The summed E-state index contributed by atoms with van der Waals surface area (Å²) >= 11 is 0. The van der Waals surface area contributed by atoms with E-state index in [1.165, 1.54) is 44.9 Å². The van der Waals surface area contributed by atoms with Crippen molar-refractivity contribution >= 4 is 5.78 Å². The van der Waals surface area contributed by atoms with Crippen LogP contribution in [0, 0.1) is 23.7 Å². The molecular weight excluding hydrogens is 596 g/mol. The number of aliphatic hydroxyl groups is 1. The van der Waals surface area contributed by atoms with E-state index in [0.717, 1.165) is 96.4 Å². The van der Waals surface area contributed by atoms with Gasteiger partial charge in [0.1, 0.15) is 5.78 Å². The molecule has 5 rings (SSSR count). The molecule has 0 amide bonds. The van der Waals surface area contributed by atoms with E-state index in [4.69, 9.17) is 28.4 Å². The van der Waals surface area contributed by atoms with Gasteiger partial charge in [0.2, 0.25) is 0 Å². The molecule has 2 saturated carbocycles. The molecule has 0 aromatic rings. The van der Waals surface area contributed by atoms with Crippen LogP contribution in [0.3, 0.4) is 0 Å². The van der Waals surface area contributed by atoms with Gasteiger partial charge in [-0.05, 0) is 95.3 Å². The van der Waals surface area contributed by atoms with Gasteiger partial charge in [-0.2, -0.15) is 0 Å². The summed E-state index contributed by atoms with van der Waals surface area (Å²) in [5.74, 6) is 1.26. The summed E-state index contributed by atoms with van der Waals surface area (Å²) in [7, 11) is 0. The zero-order chi connectivity index (χ0) is 32.7. The van der Waals surface area contributed by atoms with Gasteiger partial charge in [0.15, 0.2) is 18.9 Å². The maximum atomic E-state index is 13.3. The van der Waals surface area contributed by atoms with Crippen LogP contribution in [0.15, 0.2) is 12.2 Å². The third-order valence-corrected chi connectivity index (χ3v) is 11.3. The van der Waals surface area contributed by atoms with Crippen molar-refractivity contribution in [2.45, 2.75) is 179 Å². The summed E-state index contributed by atoms with van der Waals surface area (Å²) in [6.07, 6.45) is 24.5. The lowest BCUT2D eigenvalue weighted by atomic mass is 9.86.